The summed E-state index contributed by atoms with van der Waals surface area (Å²) >= 11 is 0. The van der Waals surface area contributed by atoms with Crippen LogP contribution in [0.25, 0.3) is 0 Å². The van der Waals surface area contributed by atoms with Crippen molar-refractivity contribution in [2.24, 2.45) is 0 Å². The number of benzene rings is 1. The third-order valence-electron chi connectivity index (χ3n) is 4.63. The molecule has 1 N–H and O–H groups in total. The van der Waals surface area contributed by atoms with Crippen LogP contribution in [0.2, 0.25) is 0 Å². The van der Waals surface area contributed by atoms with Gasteiger partial charge in [0.05, 0.1) is 17.6 Å². The fraction of sp³-hybridized carbons (Fsp3) is 0.400. The summed E-state index contributed by atoms with van der Waals surface area (Å²) in [5.41, 5.74) is 2.02. The second-order valence-corrected chi connectivity index (χ2v) is 6.43. The molecule has 2 aromatic rings. The maximum absolute atomic E-state index is 13.9. The summed E-state index contributed by atoms with van der Waals surface area (Å²) in [6.45, 7) is 4.21. The summed E-state index contributed by atoms with van der Waals surface area (Å²) in [5.74, 6) is -0.365. The molecule has 0 saturated carbocycles. The molecule has 1 fully saturated rings. The van der Waals surface area contributed by atoms with Gasteiger partial charge in [-0.1, -0.05) is 12.1 Å². The van der Waals surface area contributed by atoms with Gasteiger partial charge in [-0.15, -0.1) is 0 Å². The minimum Gasteiger partial charge on any atom is -0.385 e. The van der Waals surface area contributed by atoms with Crippen LogP contribution in [-0.2, 0) is 4.74 Å². The SMILES string of the molecule is COCCCNC(=O)c1ccc(N2CCN(c3ccccc3F)CC2)cn1. The first-order valence-electron chi connectivity index (χ1n) is 9.16. The number of aromatic nitrogens is 1. The van der Waals surface area contributed by atoms with E-state index in [2.05, 4.69) is 20.1 Å². The van der Waals surface area contributed by atoms with E-state index in [0.717, 1.165) is 38.3 Å². The number of ether oxygens (including phenoxy) is 1. The van der Waals surface area contributed by atoms with Crippen LogP contribution >= 0.6 is 0 Å². The Bertz CT molecular complexity index is 746. The lowest BCUT2D eigenvalue weighted by Crippen LogP contribution is -2.46. The molecule has 0 aliphatic carbocycles. The van der Waals surface area contributed by atoms with Crippen molar-refractivity contribution in [2.75, 3.05) is 56.2 Å². The number of anilines is 2. The fourth-order valence-electron chi connectivity index (χ4n) is 3.13. The smallest absolute Gasteiger partial charge is 0.269 e. The molecule has 1 aromatic carbocycles. The molecular weight excluding hydrogens is 347 g/mol. The number of amides is 1. The molecule has 0 unspecified atom stereocenters. The van der Waals surface area contributed by atoms with E-state index < -0.39 is 0 Å². The third-order valence-corrected chi connectivity index (χ3v) is 4.63. The quantitative estimate of drug-likeness (QED) is 0.756. The van der Waals surface area contributed by atoms with Crippen molar-refractivity contribution < 1.29 is 13.9 Å². The normalized spacial score (nSPS) is 14.3. The molecule has 3 rings (SSSR count). The van der Waals surface area contributed by atoms with E-state index in [1.54, 1.807) is 25.4 Å². The average Bonchev–Trinajstić information content (AvgIpc) is 2.72. The number of piperazine rings is 1. The first-order chi connectivity index (χ1) is 13.2. The number of para-hydroxylation sites is 1. The Labute approximate surface area is 158 Å². The summed E-state index contributed by atoms with van der Waals surface area (Å²) in [5, 5.41) is 2.82. The molecule has 2 heterocycles. The summed E-state index contributed by atoms with van der Waals surface area (Å²) in [4.78, 5) is 20.6. The highest BCUT2D eigenvalue weighted by Gasteiger charge is 2.20. The number of nitrogens with zero attached hydrogens (tertiary/aromatic N) is 3. The minimum atomic E-state index is -0.187. The number of carbonyl (C=O) groups is 1. The number of hydrogen-bond donors (Lipinski definition) is 1. The number of hydrogen-bond acceptors (Lipinski definition) is 5. The lowest BCUT2D eigenvalue weighted by molar-refractivity contribution is 0.0943. The summed E-state index contributed by atoms with van der Waals surface area (Å²) in [7, 11) is 1.64. The van der Waals surface area contributed by atoms with Gasteiger partial charge >= 0.3 is 0 Å². The Hall–Kier alpha value is -2.67. The number of carbonyl (C=O) groups excluding carboxylic acids is 1. The zero-order valence-electron chi connectivity index (χ0n) is 15.5. The van der Waals surface area contributed by atoms with Gasteiger partial charge in [0, 0.05) is 46.4 Å². The topological polar surface area (TPSA) is 57.7 Å². The van der Waals surface area contributed by atoms with Crippen molar-refractivity contribution in [3.05, 3.63) is 54.1 Å². The number of nitrogens with one attached hydrogen (secondary N) is 1. The van der Waals surface area contributed by atoms with Crippen LogP contribution in [0, 0.1) is 5.82 Å². The van der Waals surface area contributed by atoms with Crippen molar-refractivity contribution in [3.63, 3.8) is 0 Å². The van der Waals surface area contributed by atoms with Crippen LogP contribution in [-0.4, -0.2) is 57.3 Å². The minimum absolute atomic E-state index is 0.179. The van der Waals surface area contributed by atoms with Crippen LogP contribution in [0.5, 0.6) is 0 Å². The molecule has 0 radical (unpaired) electrons. The molecule has 6 nitrogen and oxygen atoms in total. The molecule has 144 valence electrons. The first kappa shape index (κ1) is 19.1. The Morgan fingerprint density at radius 3 is 2.56 bits per heavy atom. The fourth-order valence-corrected chi connectivity index (χ4v) is 3.13. The molecule has 0 atom stereocenters. The average molecular weight is 372 g/mol. The number of rotatable bonds is 7. The highest BCUT2D eigenvalue weighted by atomic mass is 19.1. The lowest BCUT2D eigenvalue weighted by Gasteiger charge is -2.37. The first-order valence-corrected chi connectivity index (χ1v) is 9.16. The van der Waals surface area contributed by atoms with Crippen LogP contribution in [0.1, 0.15) is 16.9 Å². The van der Waals surface area contributed by atoms with Gasteiger partial charge in [-0.05, 0) is 30.7 Å². The molecule has 1 aromatic heterocycles. The van der Waals surface area contributed by atoms with E-state index in [9.17, 15) is 9.18 Å². The molecular formula is C20H25FN4O2. The van der Waals surface area contributed by atoms with E-state index in [4.69, 9.17) is 4.74 Å². The highest BCUT2D eigenvalue weighted by Crippen LogP contribution is 2.22. The molecule has 27 heavy (non-hydrogen) atoms. The van der Waals surface area contributed by atoms with Crippen molar-refractivity contribution >= 4 is 17.3 Å². The van der Waals surface area contributed by atoms with E-state index >= 15 is 0 Å². The van der Waals surface area contributed by atoms with Crippen LogP contribution in [0.4, 0.5) is 15.8 Å². The predicted octanol–water partition coefficient (Wildman–Crippen LogP) is 2.31. The maximum Gasteiger partial charge on any atom is 0.269 e. The molecule has 0 bridgehead atoms. The Morgan fingerprint density at radius 2 is 1.89 bits per heavy atom. The van der Waals surface area contributed by atoms with Gasteiger partial charge in [0.2, 0.25) is 0 Å². The summed E-state index contributed by atoms with van der Waals surface area (Å²) in [6.07, 6.45) is 2.50. The van der Waals surface area contributed by atoms with Gasteiger partial charge in [-0.25, -0.2) is 9.37 Å². The van der Waals surface area contributed by atoms with Crippen molar-refractivity contribution in [1.82, 2.24) is 10.3 Å². The summed E-state index contributed by atoms with van der Waals surface area (Å²) in [6, 6.07) is 10.5. The van der Waals surface area contributed by atoms with Gasteiger partial charge in [0.25, 0.3) is 5.91 Å². The zero-order chi connectivity index (χ0) is 19.1. The largest absolute Gasteiger partial charge is 0.385 e. The van der Waals surface area contributed by atoms with Crippen molar-refractivity contribution in [1.29, 1.82) is 0 Å². The standard InChI is InChI=1S/C20H25FN4O2/c1-27-14-4-9-22-20(26)18-8-7-16(15-23-18)24-10-12-25(13-11-24)19-6-3-2-5-17(19)21/h2-3,5-8,15H,4,9-14H2,1H3,(H,22,26). The Balaban J connectivity index is 1.53. The second kappa shape index (κ2) is 9.32. The molecule has 1 saturated heterocycles. The van der Waals surface area contributed by atoms with Gasteiger partial charge in [-0.2, -0.15) is 0 Å². The molecule has 1 aliphatic heterocycles. The number of halogens is 1. The van der Waals surface area contributed by atoms with Gasteiger partial charge in [0.15, 0.2) is 0 Å². The maximum atomic E-state index is 13.9. The molecule has 7 heteroatoms. The second-order valence-electron chi connectivity index (χ2n) is 6.43. The van der Waals surface area contributed by atoms with Gasteiger partial charge in [-0.3, -0.25) is 4.79 Å². The number of methoxy groups -OCH3 is 1. The van der Waals surface area contributed by atoms with Crippen molar-refractivity contribution in [3.8, 4) is 0 Å². The monoisotopic (exact) mass is 372 g/mol. The van der Waals surface area contributed by atoms with E-state index in [-0.39, 0.29) is 11.7 Å². The lowest BCUT2D eigenvalue weighted by atomic mass is 10.2. The van der Waals surface area contributed by atoms with Crippen LogP contribution < -0.4 is 15.1 Å². The van der Waals surface area contributed by atoms with E-state index in [1.807, 2.05) is 18.2 Å². The van der Waals surface area contributed by atoms with Crippen LogP contribution in [0.3, 0.4) is 0 Å². The molecule has 0 spiro atoms. The zero-order valence-corrected chi connectivity index (χ0v) is 15.5. The third kappa shape index (κ3) is 4.95. The molecule has 1 amide bonds. The van der Waals surface area contributed by atoms with Gasteiger partial charge in [0.1, 0.15) is 11.5 Å². The van der Waals surface area contributed by atoms with E-state index in [0.29, 0.717) is 24.5 Å². The Kier molecular flexibility index (Phi) is 6.59. The predicted molar refractivity (Wildman–Crippen MR) is 104 cm³/mol. The molecule has 1 aliphatic rings. The van der Waals surface area contributed by atoms with E-state index in [1.165, 1.54) is 6.07 Å². The Morgan fingerprint density at radius 1 is 1.15 bits per heavy atom. The van der Waals surface area contributed by atoms with Crippen LogP contribution in [0.15, 0.2) is 42.6 Å². The van der Waals surface area contributed by atoms with Crippen molar-refractivity contribution in [2.45, 2.75) is 6.42 Å². The number of pyridine rings is 1. The summed E-state index contributed by atoms with van der Waals surface area (Å²) < 4.78 is 18.9. The highest BCUT2D eigenvalue weighted by molar-refractivity contribution is 5.92. The van der Waals surface area contributed by atoms with Gasteiger partial charge < -0.3 is 19.9 Å².